The fourth-order valence-corrected chi connectivity index (χ4v) is 1.32. The molecule has 0 fully saturated rings. The Balaban J connectivity index is 2.47. The summed E-state index contributed by atoms with van der Waals surface area (Å²) in [6.45, 7) is 4.39. The van der Waals surface area contributed by atoms with E-state index >= 15 is 0 Å². The highest BCUT2D eigenvalue weighted by molar-refractivity contribution is 7.81. The summed E-state index contributed by atoms with van der Waals surface area (Å²) < 4.78 is 4.95. The molecule has 17 heavy (non-hydrogen) atoms. The zero-order valence-electron chi connectivity index (χ0n) is 10.3. The molecule has 1 aromatic heterocycles. The molecule has 4 nitrogen and oxygen atoms in total. The maximum Gasteiger partial charge on any atom is 0.233 e. The Morgan fingerprint density at radius 1 is 1.53 bits per heavy atom. The summed E-state index contributed by atoms with van der Waals surface area (Å²) in [6.07, 6.45) is 1.68. The highest BCUT2D eigenvalue weighted by Crippen LogP contribution is 2.10. The fraction of sp³-hybridized carbons (Fsp3) is 0.500. The van der Waals surface area contributed by atoms with E-state index in [0.717, 1.165) is 5.56 Å². The van der Waals surface area contributed by atoms with E-state index in [1.54, 1.807) is 19.4 Å². The number of hydrogen-bond donors (Lipinski definition) is 2. The molecule has 0 saturated heterocycles. The van der Waals surface area contributed by atoms with Gasteiger partial charge in [0, 0.05) is 18.8 Å². The van der Waals surface area contributed by atoms with E-state index in [9.17, 15) is 4.79 Å². The zero-order chi connectivity index (χ0) is 12.8. The summed E-state index contributed by atoms with van der Waals surface area (Å²) in [7, 11) is 1.57. The van der Waals surface area contributed by atoms with E-state index in [0.29, 0.717) is 12.4 Å². The Morgan fingerprint density at radius 2 is 2.24 bits per heavy atom. The van der Waals surface area contributed by atoms with E-state index in [4.69, 9.17) is 4.74 Å². The lowest BCUT2D eigenvalue weighted by atomic mass is 10.1. The van der Waals surface area contributed by atoms with Crippen molar-refractivity contribution in [2.45, 2.75) is 25.6 Å². The molecule has 0 aliphatic heterocycles. The molecular weight excluding hydrogens is 236 g/mol. The number of pyridine rings is 1. The largest absolute Gasteiger partial charge is 0.481 e. The average molecular weight is 254 g/mol. The topological polar surface area (TPSA) is 51.2 Å². The van der Waals surface area contributed by atoms with Crippen LogP contribution >= 0.6 is 12.6 Å². The molecule has 1 heterocycles. The molecule has 1 rings (SSSR count). The molecule has 1 aromatic rings. The van der Waals surface area contributed by atoms with Crippen molar-refractivity contribution in [3.63, 3.8) is 0 Å². The van der Waals surface area contributed by atoms with Gasteiger partial charge in [-0.3, -0.25) is 4.79 Å². The predicted octanol–water partition coefficient (Wildman–Crippen LogP) is 1.66. The van der Waals surface area contributed by atoms with Gasteiger partial charge < -0.3 is 10.1 Å². The van der Waals surface area contributed by atoms with Crippen LogP contribution in [0.5, 0.6) is 5.88 Å². The van der Waals surface area contributed by atoms with Gasteiger partial charge in [0.1, 0.15) is 0 Å². The van der Waals surface area contributed by atoms with Gasteiger partial charge in [0.05, 0.1) is 12.4 Å². The third-order valence-corrected chi connectivity index (χ3v) is 3.20. The SMILES string of the molecule is COc1ccc(CNC(=O)C(S)C(C)C)cn1. The molecule has 5 heteroatoms. The minimum absolute atomic E-state index is 0.0563. The van der Waals surface area contributed by atoms with E-state index < -0.39 is 0 Å². The molecule has 0 aliphatic rings. The molecule has 0 aromatic carbocycles. The molecule has 0 saturated carbocycles. The Labute approximate surface area is 107 Å². The van der Waals surface area contributed by atoms with Gasteiger partial charge in [-0.1, -0.05) is 19.9 Å². The van der Waals surface area contributed by atoms with Gasteiger partial charge in [-0.15, -0.1) is 0 Å². The summed E-state index contributed by atoms with van der Waals surface area (Å²) in [5, 5.41) is 2.54. The number of nitrogens with one attached hydrogen (secondary N) is 1. The summed E-state index contributed by atoms with van der Waals surface area (Å²) in [4.78, 5) is 15.7. The molecule has 94 valence electrons. The van der Waals surface area contributed by atoms with Crippen molar-refractivity contribution in [2.75, 3.05) is 7.11 Å². The maximum absolute atomic E-state index is 11.6. The summed E-state index contributed by atoms with van der Waals surface area (Å²) in [6, 6.07) is 3.64. The third kappa shape index (κ3) is 4.26. The minimum Gasteiger partial charge on any atom is -0.481 e. The summed E-state index contributed by atoms with van der Waals surface area (Å²) in [5.41, 5.74) is 0.934. The van der Waals surface area contributed by atoms with E-state index in [1.165, 1.54) is 0 Å². The van der Waals surface area contributed by atoms with Crippen molar-refractivity contribution in [1.29, 1.82) is 0 Å². The lowest BCUT2D eigenvalue weighted by Gasteiger charge is -2.14. The second kappa shape index (κ2) is 6.49. The van der Waals surface area contributed by atoms with Crippen LogP contribution in [0.3, 0.4) is 0 Å². The number of nitrogens with zero attached hydrogens (tertiary/aromatic N) is 1. The lowest BCUT2D eigenvalue weighted by molar-refractivity contribution is -0.121. The zero-order valence-corrected chi connectivity index (χ0v) is 11.2. The number of ether oxygens (including phenoxy) is 1. The first-order chi connectivity index (χ1) is 8.04. The van der Waals surface area contributed by atoms with Crippen molar-refractivity contribution in [1.82, 2.24) is 10.3 Å². The monoisotopic (exact) mass is 254 g/mol. The average Bonchev–Trinajstić information content (AvgIpc) is 2.35. The van der Waals surface area contributed by atoms with Crippen LogP contribution in [0.1, 0.15) is 19.4 Å². The highest BCUT2D eigenvalue weighted by atomic mass is 32.1. The maximum atomic E-state index is 11.6. The predicted molar refractivity (Wildman–Crippen MR) is 70.2 cm³/mol. The van der Waals surface area contributed by atoms with E-state index in [1.807, 2.05) is 19.9 Å². The first kappa shape index (κ1) is 13.8. The standard InChI is InChI=1S/C12H18N2O2S/c1-8(2)11(17)12(15)14-7-9-4-5-10(16-3)13-6-9/h4-6,8,11,17H,7H2,1-3H3,(H,14,15). The minimum atomic E-state index is -0.277. The number of hydrogen-bond acceptors (Lipinski definition) is 4. The van der Waals surface area contributed by atoms with Crippen LogP contribution in [0.4, 0.5) is 0 Å². The summed E-state index contributed by atoms with van der Waals surface area (Å²) >= 11 is 4.25. The smallest absolute Gasteiger partial charge is 0.233 e. The number of carbonyl (C=O) groups is 1. The highest BCUT2D eigenvalue weighted by Gasteiger charge is 2.16. The Kier molecular flexibility index (Phi) is 5.28. The molecule has 1 N–H and O–H groups in total. The van der Waals surface area contributed by atoms with Crippen LogP contribution in [0.2, 0.25) is 0 Å². The number of methoxy groups -OCH3 is 1. The Morgan fingerprint density at radius 3 is 2.71 bits per heavy atom. The van der Waals surface area contributed by atoms with Gasteiger partial charge in [0.15, 0.2) is 0 Å². The van der Waals surface area contributed by atoms with Crippen molar-refractivity contribution < 1.29 is 9.53 Å². The lowest BCUT2D eigenvalue weighted by Crippen LogP contribution is -2.33. The van der Waals surface area contributed by atoms with Crippen LogP contribution in [0, 0.1) is 5.92 Å². The Hall–Kier alpha value is -1.23. The molecular formula is C12H18N2O2S. The number of aromatic nitrogens is 1. The molecule has 0 aliphatic carbocycles. The normalized spacial score (nSPS) is 12.3. The molecule has 0 radical (unpaired) electrons. The van der Waals surface area contributed by atoms with E-state index in [2.05, 4.69) is 22.9 Å². The van der Waals surface area contributed by atoms with Crippen molar-refractivity contribution in [3.05, 3.63) is 23.9 Å². The number of carbonyl (C=O) groups excluding carboxylic acids is 1. The number of amides is 1. The van der Waals surface area contributed by atoms with Crippen molar-refractivity contribution in [2.24, 2.45) is 5.92 Å². The molecule has 1 amide bonds. The van der Waals surface area contributed by atoms with Crippen LogP contribution in [0.15, 0.2) is 18.3 Å². The molecule has 0 bridgehead atoms. The van der Waals surface area contributed by atoms with Gasteiger partial charge in [0.2, 0.25) is 11.8 Å². The first-order valence-electron chi connectivity index (χ1n) is 5.49. The van der Waals surface area contributed by atoms with E-state index in [-0.39, 0.29) is 17.1 Å². The third-order valence-electron chi connectivity index (χ3n) is 2.37. The van der Waals surface area contributed by atoms with Gasteiger partial charge >= 0.3 is 0 Å². The van der Waals surface area contributed by atoms with Gasteiger partial charge in [-0.2, -0.15) is 12.6 Å². The van der Waals surface area contributed by atoms with Crippen molar-refractivity contribution >= 4 is 18.5 Å². The first-order valence-corrected chi connectivity index (χ1v) is 6.01. The fourth-order valence-electron chi connectivity index (χ4n) is 1.23. The second-order valence-corrected chi connectivity index (χ2v) is 4.67. The van der Waals surface area contributed by atoms with Crippen LogP contribution in [-0.2, 0) is 11.3 Å². The van der Waals surface area contributed by atoms with Crippen molar-refractivity contribution in [3.8, 4) is 5.88 Å². The quantitative estimate of drug-likeness (QED) is 0.786. The van der Waals surface area contributed by atoms with Gasteiger partial charge in [0.25, 0.3) is 0 Å². The van der Waals surface area contributed by atoms with Gasteiger partial charge in [-0.25, -0.2) is 4.98 Å². The van der Waals surface area contributed by atoms with Crippen LogP contribution in [0.25, 0.3) is 0 Å². The number of rotatable bonds is 5. The summed E-state index contributed by atoms with van der Waals surface area (Å²) in [5.74, 6) is 0.723. The molecule has 1 unspecified atom stereocenters. The second-order valence-electron chi connectivity index (χ2n) is 4.12. The molecule has 1 atom stereocenters. The van der Waals surface area contributed by atoms with Gasteiger partial charge in [-0.05, 0) is 11.5 Å². The number of thiol groups is 1. The molecule has 0 spiro atoms. The van der Waals surface area contributed by atoms with Crippen LogP contribution < -0.4 is 10.1 Å². The van der Waals surface area contributed by atoms with Crippen LogP contribution in [-0.4, -0.2) is 23.3 Å². The Bertz CT molecular complexity index is 365.